The zero-order valence-corrected chi connectivity index (χ0v) is 11.8. The molecule has 0 spiro atoms. The van der Waals surface area contributed by atoms with Crippen molar-refractivity contribution >= 4 is 11.8 Å². The van der Waals surface area contributed by atoms with Crippen LogP contribution in [0.2, 0.25) is 0 Å². The first-order valence-electron chi connectivity index (χ1n) is 7.24. The molecule has 2 amide bonds. The first-order chi connectivity index (χ1) is 8.99. The van der Waals surface area contributed by atoms with Crippen molar-refractivity contribution in [2.75, 3.05) is 26.2 Å². The van der Waals surface area contributed by atoms with Gasteiger partial charge in [-0.25, -0.2) is 0 Å². The number of aliphatic hydroxyl groups excluding tert-OH is 1. The zero-order valence-electron chi connectivity index (χ0n) is 11.8. The number of piperidine rings is 1. The van der Waals surface area contributed by atoms with E-state index in [-0.39, 0.29) is 29.8 Å². The molecule has 2 aliphatic rings. The Labute approximate surface area is 114 Å². The van der Waals surface area contributed by atoms with E-state index in [2.05, 4.69) is 0 Å². The number of aliphatic hydroxyl groups is 1. The van der Waals surface area contributed by atoms with Crippen LogP contribution in [0.4, 0.5) is 0 Å². The standard InChI is InChI=1S/C14H24N2O3/c1-10(2)13(18)15-6-3-11(4-7-15)14(19)16-8-5-12(17)9-16/h10-12,17H,3-9H2,1-2H3/t12-/m1/s1. The van der Waals surface area contributed by atoms with Gasteiger partial charge in [-0.3, -0.25) is 9.59 Å². The second-order valence-corrected chi connectivity index (χ2v) is 5.98. The van der Waals surface area contributed by atoms with Crippen LogP contribution in [0.3, 0.4) is 0 Å². The quantitative estimate of drug-likeness (QED) is 0.792. The summed E-state index contributed by atoms with van der Waals surface area (Å²) in [7, 11) is 0. The highest BCUT2D eigenvalue weighted by Gasteiger charge is 2.33. The van der Waals surface area contributed by atoms with Gasteiger partial charge in [-0.2, -0.15) is 0 Å². The number of hydrogen-bond donors (Lipinski definition) is 1. The van der Waals surface area contributed by atoms with E-state index in [4.69, 9.17) is 0 Å². The van der Waals surface area contributed by atoms with E-state index >= 15 is 0 Å². The molecule has 0 aromatic rings. The van der Waals surface area contributed by atoms with Crippen molar-refractivity contribution in [1.82, 2.24) is 9.80 Å². The van der Waals surface area contributed by atoms with Gasteiger partial charge >= 0.3 is 0 Å². The Morgan fingerprint density at radius 1 is 1.05 bits per heavy atom. The van der Waals surface area contributed by atoms with Crippen molar-refractivity contribution in [3.05, 3.63) is 0 Å². The second kappa shape index (κ2) is 5.90. The molecule has 2 aliphatic heterocycles. The van der Waals surface area contributed by atoms with E-state index < -0.39 is 0 Å². The van der Waals surface area contributed by atoms with Crippen LogP contribution in [-0.2, 0) is 9.59 Å². The maximum atomic E-state index is 12.3. The third kappa shape index (κ3) is 3.26. The molecule has 2 fully saturated rings. The molecule has 0 bridgehead atoms. The highest BCUT2D eigenvalue weighted by atomic mass is 16.3. The van der Waals surface area contributed by atoms with Crippen LogP contribution >= 0.6 is 0 Å². The van der Waals surface area contributed by atoms with E-state index in [1.54, 1.807) is 4.90 Å². The predicted octanol–water partition coefficient (Wildman–Crippen LogP) is 0.474. The zero-order chi connectivity index (χ0) is 14.0. The van der Waals surface area contributed by atoms with Gasteiger partial charge in [-0.05, 0) is 19.3 Å². The molecule has 19 heavy (non-hydrogen) atoms. The van der Waals surface area contributed by atoms with Crippen LogP contribution in [0, 0.1) is 11.8 Å². The lowest BCUT2D eigenvalue weighted by Gasteiger charge is -2.34. The molecule has 0 aromatic heterocycles. The Kier molecular flexibility index (Phi) is 4.45. The third-order valence-corrected chi connectivity index (χ3v) is 4.12. The van der Waals surface area contributed by atoms with Crippen LogP contribution in [0.1, 0.15) is 33.1 Å². The van der Waals surface area contributed by atoms with Crippen LogP contribution in [0.15, 0.2) is 0 Å². The number of nitrogens with zero attached hydrogens (tertiary/aromatic N) is 2. The number of rotatable bonds is 2. The maximum absolute atomic E-state index is 12.3. The fraction of sp³-hybridized carbons (Fsp3) is 0.857. The summed E-state index contributed by atoms with van der Waals surface area (Å²) in [6.45, 7) is 6.33. The first kappa shape index (κ1) is 14.3. The summed E-state index contributed by atoms with van der Waals surface area (Å²) in [5.74, 6) is 0.401. The normalized spacial score (nSPS) is 25.2. The van der Waals surface area contributed by atoms with Crippen LogP contribution in [0.25, 0.3) is 0 Å². The van der Waals surface area contributed by atoms with E-state index in [1.807, 2.05) is 18.7 Å². The Balaban J connectivity index is 1.83. The number of β-amino-alcohol motifs (C(OH)–C–C–N with tert-alkyl or cyclic N) is 1. The molecule has 1 N–H and O–H groups in total. The Morgan fingerprint density at radius 3 is 2.11 bits per heavy atom. The molecule has 5 nitrogen and oxygen atoms in total. The van der Waals surface area contributed by atoms with E-state index in [0.717, 1.165) is 12.8 Å². The van der Waals surface area contributed by atoms with Crippen molar-refractivity contribution in [2.24, 2.45) is 11.8 Å². The van der Waals surface area contributed by atoms with Gasteiger partial charge in [-0.15, -0.1) is 0 Å². The molecule has 0 aromatic carbocycles. The molecule has 108 valence electrons. The van der Waals surface area contributed by atoms with Gasteiger partial charge in [0.25, 0.3) is 0 Å². The van der Waals surface area contributed by atoms with Crippen molar-refractivity contribution < 1.29 is 14.7 Å². The lowest BCUT2D eigenvalue weighted by Crippen LogP contribution is -2.45. The molecule has 5 heteroatoms. The Bertz CT molecular complexity index is 349. The largest absolute Gasteiger partial charge is 0.391 e. The smallest absolute Gasteiger partial charge is 0.225 e. The molecule has 0 saturated carbocycles. The molecule has 0 unspecified atom stereocenters. The summed E-state index contributed by atoms with van der Waals surface area (Å²) in [6, 6.07) is 0. The third-order valence-electron chi connectivity index (χ3n) is 4.12. The summed E-state index contributed by atoms with van der Waals surface area (Å²) in [5.41, 5.74) is 0. The Morgan fingerprint density at radius 2 is 1.63 bits per heavy atom. The number of likely N-dealkylation sites (tertiary alicyclic amines) is 2. The predicted molar refractivity (Wildman–Crippen MR) is 71.3 cm³/mol. The minimum absolute atomic E-state index is 0.0287. The highest BCUT2D eigenvalue weighted by Crippen LogP contribution is 2.23. The number of hydrogen-bond acceptors (Lipinski definition) is 3. The molecule has 2 heterocycles. The molecule has 0 radical (unpaired) electrons. The maximum Gasteiger partial charge on any atom is 0.225 e. The Hall–Kier alpha value is -1.10. The van der Waals surface area contributed by atoms with Crippen LogP contribution in [0.5, 0.6) is 0 Å². The van der Waals surface area contributed by atoms with Gasteiger partial charge in [0, 0.05) is 38.0 Å². The topological polar surface area (TPSA) is 60.9 Å². The minimum atomic E-state index is -0.355. The summed E-state index contributed by atoms with van der Waals surface area (Å²) < 4.78 is 0. The highest BCUT2D eigenvalue weighted by molar-refractivity contribution is 5.81. The van der Waals surface area contributed by atoms with Gasteiger partial charge in [0.2, 0.25) is 11.8 Å². The van der Waals surface area contributed by atoms with Crippen molar-refractivity contribution in [2.45, 2.75) is 39.2 Å². The lowest BCUT2D eigenvalue weighted by atomic mass is 9.94. The van der Waals surface area contributed by atoms with Crippen molar-refractivity contribution in [1.29, 1.82) is 0 Å². The van der Waals surface area contributed by atoms with Crippen LogP contribution in [-0.4, -0.2) is 59.0 Å². The fourth-order valence-corrected chi connectivity index (χ4v) is 2.91. The van der Waals surface area contributed by atoms with Gasteiger partial charge in [0.15, 0.2) is 0 Å². The molecule has 1 atom stereocenters. The summed E-state index contributed by atoms with van der Waals surface area (Å²) in [5, 5.41) is 9.48. The summed E-state index contributed by atoms with van der Waals surface area (Å²) >= 11 is 0. The molecule has 0 aliphatic carbocycles. The van der Waals surface area contributed by atoms with E-state index in [0.29, 0.717) is 32.6 Å². The lowest BCUT2D eigenvalue weighted by molar-refractivity contribution is -0.141. The van der Waals surface area contributed by atoms with Crippen molar-refractivity contribution in [3.63, 3.8) is 0 Å². The summed E-state index contributed by atoms with van der Waals surface area (Å²) in [4.78, 5) is 27.8. The van der Waals surface area contributed by atoms with Gasteiger partial charge in [0.1, 0.15) is 0 Å². The number of carbonyl (C=O) groups excluding carboxylic acids is 2. The minimum Gasteiger partial charge on any atom is -0.391 e. The van der Waals surface area contributed by atoms with Crippen LogP contribution < -0.4 is 0 Å². The fourth-order valence-electron chi connectivity index (χ4n) is 2.91. The number of carbonyl (C=O) groups is 2. The monoisotopic (exact) mass is 268 g/mol. The van der Waals surface area contributed by atoms with E-state index in [9.17, 15) is 14.7 Å². The van der Waals surface area contributed by atoms with Gasteiger partial charge in [0.05, 0.1) is 6.10 Å². The van der Waals surface area contributed by atoms with E-state index in [1.165, 1.54) is 0 Å². The SMILES string of the molecule is CC(C)C(=O)N1CCC(C(=O)N2CC[C@@H](O)C2)CC1. The van der Waals surface area contributed by atoms with Gasteiger partial charge < -0.3 is 14.9 Å². The first-order valence-corrected chi connectivity index (χ1v) is 7.24. The van der Waals surface area contributed by atoms with Gasteiger partial charge in [-0.1, -0.05) is 13.8 Å². The number of amides is 2. The molecular weight excluding hydrogens is 244 g/mol. The average Bonchev–Trinajstić information content (AvgIpc) is 2.84. The second-order valence-electron chi connectivity index (χ2n) is 5.98. The molecule has 2 rings (SSSR count). The summed E-state index contributed by atoms with van der Waals surface area (Å²) in [6.07, 6.45) is 1.84. The molecular formula is C14H24N2O3. The molecule has 2 saturated heterocycles. The van der Waals surface area contributed by atoms with Crippen molar-refractivity contribution in [3.8, 4) is 0 Å². The average molecular weight is 268 g/mol.